The lowest BCUT2D eigenvalue weighted by molar-refractivity contribution is -0.137. The minimum Gasteiger partial charge on any atom is -0.271 e. The fraction of sp³-hybridized carbons (Fsp3) is 0.0833. The molecule has 4 amide bonds. The van der Waals surface area contributed by atoms with Crippen LogP contribution >= 0.6 is 0 Å². The van der Waals surface area contributed by atoms with Crippen molar-refractivity contribution < 1.29 is 14.4 Å². The van der Waals surface area contributed by atoms with Gasteiger partial charge in [-0.3, -0.25) is 9.59 Å². The average molecular weight is 395 g/mol. The van der Waals surface area contributed by atoms with Crippen LogP contribution in [0.3, 0.4) is 0 Å². The van der Waals surface area contributed by atoms with E-state index in [9.17, 15) is 19.6 Å². The van der Waals surface area contributed by atoms with Crippen molar-refractivity contribution in [2.75, 3.05) is 9.80 Å². The zero-order chi connectivity index (χ0) is 21.1. The molecule has 1 heterocycles. The molecule has 6 heteroatoms. The summed E-state index contributed by atoms with van der Waals surface area (Å²) in [4.78, 5) is 42.2. The van der Waals surface area contributed by atoms with Crippen LogP contribution in [0.25, 0.3) is 0 Å². The van der Waals surface area contributed by atoms with Crippen LogP contribution in [0.15, 0.2) is 91.0 Å². The van der Waals surface area contributed by atoms with E-state index in [2.05, 4.69) is 0 Å². The van der Waals surface area contributed by atoms with Gasteiger partial charge in [0.1, 0.15) is 0 Å². The van der Waals surface area contributed by atoms with Crippen LogP contribution < -0.4 is 9.80 Å². The maximum atomic E-state index is 13.5. The van der Waals surface area contributed by atoms with Crippen molar-refractivity contribution in [1.29, 1.82) is 5.26 Å². The van der Waals surface area contributed by atoms with Crippen LogP contribution in [-0.4, -0.2) is 17.8 Å². The van der Waals surface area contributed by atoms with Gasteiger partial charge in [-0.25, -0.2) is 14.6 Å². The van der Waals surface area contributed by atoms with Gasteiger partial charge in [0.2, 0.25) is 5.41 Å². The molecule has 0 aromatic heterocycles. The van der Waals surface area contributed by atoms with Crippen molar-refractivity contribution in [3.05, 3.63) is 96.6 Å². The number of amides is 4. The Kier molecular flexibility index (Phi) is 4.87. The number of nitriles is 1. The van der Waals surface area contributed by atoms with Crippen LogP contribution in [0.5, 0.6) is 0 Å². The van der Waals surface area contributed by atoms with E-state index in [-0.39, 0.29) is 6.42 Å². The van der Waals surface area contributed by atoms with Crippen LogP contribution in [0.1, 0.15) is 5.56 Å². The Morgan fingerprint density at radius 1 is 0.667 bits per heavy atom. The van der Waals surface area contributed by atoms with Gasteiger partial charge in [0.05, 0.1) is 17.4 Å². The van der Waals surface area contributed by atoms with Crippen molar-refractivity contribution in [2.45, 2.75) is 6.42 Å². The molecule has 0 unspecified atom stereocenters. The number of anilines is 2. The molecule has 3 aromatic rings. The van der Waals surface area contributed by atoms with Crippen molar-refractivity contribution in [2.24, 2.45) is 5.41 Å². The summed E-state index contributed by atoms with van der Waals surface area (Å²) in [5.74, 6) is -1.69. The molecule has 0 aliphatic carbocycles. The first-order valence-corrected chi connectivity index (χ1v) is 9.37. The number of benzene rings is 3. The predicted octanol–water partition coefficient (Wildman–Crippen LogP) is 3.94. The first-order chi connectivity index (χ1) is 14.6. The molecule has 3 aromatic carbocycles. The summed E-state index contributed by atoms with van der Waals surface area (Å²) in [7, 11) is 0. The fourth-order valence-electron chi connectivity index (χ4n) is 3.54. The number of carbonyl (C=O) groups is 3. The van der Waals surface area contributed by atoms with E-state index < -0.39 is 23.3 Å². The molecular weight excluding hydrogens is 378 g/mol. The molecule has 6 nitrogen and oxygen atoms in total. The maximum absolute atomic E-state index is 13.5. The molecule has 1 saturated heterocycles. The molecule has 30 heavy (non-hydrogen) atoms. The van der Waals surface area contributed by atoms with Crippen molar-refractivity contribution in [1.82, 2.24) is 0 Å². The van der Waals surface area contributed by atoms with Crippen LogP contribution in [-0.2, 0) is 16.0 Å². The number of imide groups is 2. The second-order valence-corrected chi connectivity index (χ2v) is 6.91. The maximum Gasteiger partial charge on any atom is 0.342 e. The number of rotatable bonds is 4. The molecule has 1 aliphatic rings. The highest BCUT2D eigenvalue weighted by atomic mass is 16.2. The second-order valence-electron chi connectivity index (χ2n) is 6.91. The zero-order valence-corrected chi connectivity index (χ0v) is 15.9. The van der Waals surface area contributed by atoms with Gasteiger partial charge >= 0.3 is 6.03 Å². The number of barbiturate groups is 1. The largest absolute Gasteiger partial charge is 0.342 e. The molecule has 0 spiro atoms. The van der Waals surface area contributed by atoms with Gasteiger partial charge in [0.25, 0.3) is 11.8 Å². The molecule has 0 radical (unpaired) electrons. The summed E-state index contributed by atoms with van der Waals surface area (Å²) in [6.45, 7) is 0. The number of carbonyl (C=O) groups excluding carboxylic acids is 3. The van der Waals surface area contributed by atoms with Crippen molar-refractivity contribution in [3.8, 4) is 6.07 Å². The number of urea groups is 1. The normalized spacial score (nSPS) is 15.8. The highest BCUT2D eigenvalue weighted by molar-refractivity contribution is 6.39. The minimum atomic E-state index is -2.07. The standard InChI is InChI=1S/C24H17N3O3/c25-17-24(16-18-10-4-1-5-11-18)21(28)26(19-12-6-2-7-13-19)23(30)27(22(24)29)20-14-8-3-9-15-20/h1-15H,16H2. The molecule has 0 saturated carbocycles. The van der Waals surface area contributed by atoms with Gasteiger partial charge in [-0.15, -0.1) is 0 Å². The Hall–Kier alpha value is -4.24. The van der Waals surface area contributed by atoms with E-state index in [0.29, 0.717) is 16.9 Å². The molecule has 0 atom stereocenters. The zero-order valence-electron chi connectivity index (χ0n) is 15.9. The Labute approximate surface area is 173 Å². The first kappa shape index (κ1) is 19.1. The topological polar surface area (TPSA) is 81.5 Å². The van der Waals surface area contributed by atoms with E-state index in [1.54, 1.807) is 84.9 Å². The summed E-state index contributed by atoms with van der Waals surface area (Å²) in [5.41, 5.74) is -0.820. The van der Waals surface area contributed by atoms with E-state index in [1.807, 2.05) is 12.1 Å². The Morgan fingerprint density at radius 3 is 1.47 bits per heavy atom. The Morgan fingerprint density at radius 2 is 1.07 bits per heavy atom. The number of hydrogen-bond donors (Lipinski definition) is 0. The van der Waals surface area contributed by atoms with Gasteiger partial charge in [-0.2, -0.15) is 5.26 Å². The third-order valence-corrected chi connectivity index (χ3v) is 5.05. The molecule has 4 rings (SSSR count). The van der Waals surface area contributed by atoms with Crippen molar-refractivity contribution in [3.63, 3.8) is 0 Å². The lowest BCUT2D eigenvalue weighted by Crippen LogP contribution is -2.66. The quantitative estimate of drug-likeness (QED) is 0.627. The number of hydrogen-bond acceptors (Lipinski definition) is 4. The minimum absolute atomic E-state index is 0.137. The SMILES string of the molecule is N#CC1(Cc2ccccc2)C(=O)N(c2ccccc2)C(=O)N(c2ccccc2)C1=O. The van der Waals surface area contributed by atoms with E-state index in [1.165, 1.54) is 0 Å². The lowest BCUT2D eigenvalue weighted by Gasteiger charge is -2.40. The van der Waals surface area contributed by atoms with Gasteiger partial charge < -0.3 is 0 Å². The Bertz CT molecular complexity index is 1080. The van der Waals surface area contributed by atoms with Gasteiger partial charge in [0, 0.05) is 6.42 Å². The summed E-state index contributed by atoms with van der Waals surface area (Å²) in [6, 6.07) is 26.6. The summed E-state index contributed by atoms with van der Waals surface area (Å²) >= 11 is 0. The van der Waals surface area contributed by atoms with Crippen LogP contribution in [0.4, 0.5) is 16.2 Å². The van der Waals surface area contributed by atoms with E-state index >= 15 is 0 Å². The Balaban J connectivity index is 1.90. The lowest BCUT2D eigenvalue weighted by atomic mass is 9.78. The molecule has 1 aliphatic heterocycles. The van der Waals surface area contributed by atoms with Gasteiger partial charge in [0.15, 0.2) is 0 Å². The third kappa shape index (κ3) is 3.03. The van der Waals surface area contributed by atoms with Crippen molar-refractivity contribution >= 4 is 29.2 Å². The third-order valence-electron chi connectivity index (χ3n) is 5.05. The van der Waals surface area contributed by atoms with E-state index in [4.69, 9.17) is 0 Å². The second kappa shape index (κ2) is 7.64. The summed E-state index contributed by atoms with van der Waals surface area (Å²) in [5, 5.41) is 10.1. The van der Waals surface area contributed by atoms with E-state index in [0.717, 1.165) is 9.80 Å². The summed E-state index contributed by atoms with van der Waals surface area (Å²) in [6.07, 6.45) is -0.137. The molecule has 0 N–H and O–H groups in total. The number of para-hydroxylation sites is 2. The molecule has 0 bridgehead atoms. The van der Waals surface area contributed by atoms with Gasteiger partial charge in [-0.1, -0.05) is 66.7 Å². The molecular formula is C24H17N3O3. The highest BCUT2D eigenvalue weighted by Crippen LogP contribution is 2.37. The molecule has 1 fully saturated rings. The summed E-state index contributed by atoms with van der Waals surface area (Å²) < 4.78 is 0. The fourth-order valence-corrected chi connectivity index (χ4v) is 3.54. The average Bonchev–Trinajstić information content (AvgIpc) is 2.79. The first-order valence-electron chi connectivity index (χ1n) is 9.37. The highest BCUT2D eigenvalue weighted by Gasteiger charge is 2.59. The number of nitrogens with zero attached hydrogens (tertiary/aromatic N) is 3. The smallest absolute Gasteiger partial charge is 0.271 e. The van der Waals surface area contributed by atoms with Gasteiger partial charge in [-0.05, 0) is 29.8 Å². The molecule has 146 valence electrons. The predicted molar refractivity (Wildman–Crippen MR) is 111 cm³/mol. The monoisotopic (exact) mass is 395 g/mol. The van der Waals surface area contributed by atoms with Crippen LogP contribution in [0.2, 0.25) is 0 Å². The van der Waals surface area contributed by atoms with Crippen LogP contribution in [0, 0.1) is 16.7 Å².